The monoisotopic (exact) mass is 292 g/mol. The SMILES string of the molecule is CN1CC(O)=C(c2n(C)c3ccccc3[n+]2C)C1=N.[Cl-]. The lowest BCUT2D eigenvalue weighted by atomic mass is 10.2. The highest BCUT2D eigenvalue weighted by Crippen LogP contribution is 2.26. The Morgan fingerprint density at radius 2 is 1.90 bits per heavy atom. The van der Waals surface area contributed by atoms with E-state index in [0.29, 0.717) is 18.0 Å². The van der Waals surface area contributed by atoms with Gasteiger partial charge in [-0.05, 0) is 12.1 Å². The molecule has 106 valence electrons. The van der Waals surface area contributed by atoms with Crippen LogP contribution in [-0.2, 0) is 14.1 Å². The Morgan fingerprint density at radius 1 is 1.25 bits per heavy atom. The maximum atomic E-state index is 10.1. The molecule has 0 spiro atoms. The Kier molecular flexibility index (Phi) is 3.48. The number of likely N-dealkylation sites (N-methyl/N-ethyl adjacent to an activating group) is 1. The van der Waals surface area contributed by atoms with Crippen molar-refractivity contribution < 1.29 is 22.1 Å². The van der Waals surface area contributed by atoms with Gasteiger partial charge in [0.05, 0.1) is 20.6 Å². The van der Waals surface area contributed by atoms with Crippen molar-refractivity contribution in [1.29, 1.82) is 5.41 Å². The van der Waals surface area contributed by atoms with Crippen LogP contribution in [0.2, 0.25) is 0 Å². The molecule has 1 aliphatic rings. The van der Waals surface area contributed by atoms with Crippen molar-refractivity contribution in [3.05, 3.63) is 35.8 Å². The molecule has 2 N–H and O–H groups in total. The van der Waals surface area contributed by atoms with Crippen LogP contribution in [0, 0.1) is 5.41 Å². The maximum absolute atomic E-state index is 10.1. The van der Waals surface area contributed by atoms with E-state index in [1.807, 2.05) is 54.5 Å². The number of amidine groups is 1. The van der Waals surface area contributed by atoms with E-state index in [-0.39, 0.29) is 18.2 Å². The lowest BCUT2D eigenvalue weighted by Crippen LogP contribution is -3.00. The van der Waals surface area contributed by atoms with E-state index in [9.17, 15) is 5.11 Å². The number of aromatic nitrogens is 2. The third-order valence-electron chi connectivity index (χ3n) is 3.76. The minimum Gasteiger partial charge on any atom is -1.00 e. The molecule has 2 heterocycles. The van der Waals surface area contributed by atoms with Crippen LogP contribution >= 0.6 is 0 Å². The van der Waals surface area contributed by atoms with Crippen LogP contribution in [0.15, 0.2) is 30.0 Å². The van der Waals surface area contributed by atoms with Gasteiger partial charge in [0.15, 0.2) is 11.0 Å². The summed E-state index contributed by atoms with van der Waals surface area (Å²) in [6.07, 6.45) is 0. The van der Waals surface area contributed by atoms with Crippen molar-refractivity contribution in [2.75, 3.05) is 13.6 Å². The molecular formula is C14H17ClN4O. The van der Waals surface area contributed by atoms with Gasteiger partial charge in [-0.2, -0.15) is 0 Å². The summed E-state index contributed by atoms with van der Waals surface area (Å²) < 4.78 is 4.04. The van der Waals surface area contributed by atoms with Crippen molar-refractivity contribution in [2.45, 2.75) is 0 Å². The molecule has 20 heavy (non-hydrogen) atoms. The Bertz CT molecular complexity index is 693. The first-order valence-electron chi connectivity index (χ1n) is 6.18. The van der Waals surface area contributed by atoms with E-state index in [2.05, 4.69) is 0 Å². The van der Waals surface area contributed by atoms with Crippen LogP contribution in [0.5, 0.6) is 0 Å². The minimum atomic E-state index is 0. The molecule has 0 radical (unpaired) electrons. The van der Waals surface area contributed by atoms with Crippen LogP contribution in [0.3, 0.4) is 0 Å². The summed E-state index contributed by atoms with van der Waals surface area (Å²) in [5.74, 6) is 1.47. The number of hydrogen-bond acceptors (Lipinski definition) is 2. The number of benzene rings is 1. The van der Waals surface area contributed by atoms with Gasteiger partial charge in [-0.3, -0.25) is 5.41 Å². The number of aliphatic hydroxyl groups is 1. The number of nitrogens with one attached hydrogen (secondary N) is 1. The van der Waals surface area contributed by atoms with Crippen LogP contribution in [-0.4, -0.2) is 34.0 Å². The van der Waals surface area contributed by atoms with E-state index in [0.717, 1.165) is 16.9 Å². The van der Waals surface area contributed by atoms with Crippen LogP contribution in [0.1, 0.15) is 5.82 Å². The zero-order valence-electron chi connectivity index (χ0n) is 11.7. The van der Waals surface area contributed by atoms with E-state index >= 15 is 0 Å². The summed E-state index contributed by atoms with van der Waals surface area (Å²) in [6.45, 7) is 0.399. The van der Waals surface area contributed by atoms with Gasteiger partial charge in [0.1, 0.15) is 17.2 Å². The van der Waals surface area contributed by atoms with Crippen molar-refractivity contribution in [3.63, 3.8) is 0 Å². The van der Waals surface area contributed by atoms with E-state index < -0.39 is 0 Å². The fraction of sp³-hybridized carbons (Fsp3) is 0.286. The summed E-state index contributed by atoms with van der Waals surface area (Å²) in [5.41, 5.74) is 2.79. The summed E-state index contributed by atoms with van der Waals surface area (Å²) >= 11 is 0. The molecule has 0 saturated carbocycles. The third-order valence-corrected chi connectivity index (χ3v) is 3.76. The third kappa shape index (κ3) is 1.78. The molecule has 2 aromatic rings. The Balaban J connectivity index is 0.00000147. The molecule has 0 atom stereocenters. The number of fused-ring (bicyclic) bond motifs is 1. The largest absolute Gasteiger partial charge is 1.00 e. The molecule has 0 fully saturated rings. The number of halogens is 1. The summed E-state index contributed by atoms with van der Waals surface area (Å²) in [5, 5.41) is 18.3. The molecule has 1 aromatic heterocycles. The van der Waals surface area contributed by atoms with Gasteiger partial charge < -0.3 is 22.4 Å². The Labute approximate surface area is 123 Å². The van der Waals surface area contributed by atoms with Gasteiger partial charge in [-0.15, -0.1) is 0 Å². The smallest absolute Gasteiger partial charge is 0.296 e. The number of aryl methyl sites for hydroxylation is 2. The fourth-order valence-electron chi connectivity index (χ4n) is 2.77. The second-order valence-electron chi connectivity index (χ2n) is 4.96. The molecule has 3 rings (SSSR count). The number of rotatable bonds is 1. The highest BCUT2D eigenvalue weighted by atomic mass is 35.5. The standard InChI is InChI=1S/C14H16N4O.ClH/c1-16-8-11(19)12(13(16)15)14-17(2)9-6-4-5-7-10(9)18(14)3;/h4-7,15H,8H2,1-3H3;1H. The molecular weight excluding hydrogens is 276 g/mol. The van der Waals surface area contributed by atoms with Gasteiger partial charge in [0.25, 0.3) is 5.82 Å². The van der Waals surface area contributed by atoms with Gasteiger partial charge in [0, 0.05) is 7.05 Å². The van der Waals surface area contributed by atoms with Gasteiger partial charge in [0.2, 0.25) is 0 Å². The summed E-state index contributed by atoms with van der Waals surface area (Å²) in [4.78, 5) is 1.74. The minimum absolute atomic E-state index is 0. The van der Waals surface area contributed by atoms with Gasteiger partial charge >= 0.3 is 0 Å². The van der Waals surface area contributed by atoms with Gasteiger partial charge in [-0.25, -0.2) is 9.13 Å². The van der Waals surface area contributed by atoms with Gasteiger partial charge in [-0.1, -0.05) is 12.1 Å². The highest BCUT2D eigenvalue weighted by molar-refractivity contribution is 6.22. The van der Waals surface area contributed by atoms with Crippen molar-refractivity contribution >= 4 is 22.4 Å². The zero-order valence-corrected chi connectivity index (χ0v) is 12.4. The Morgan fingerprint density at radius 3 is 2.45 bits per heavy atom. The average molecular weight is 293 g/mol. The topological polar surface area (TPSA) is 56.1 Å². The number of para-hydroxylation sites is 2. The second kappa shape index (κ2) is 4.83. The predicted molar refractivity (Wildman–Crippen MR) is 74.0 cm³/mol. The summed E-state index contributed by atoms with van der Waals surface area (Å²) in [7, 11) is 5.74. The number of aliphatic hydroxyl groups excluding tert-OH is 1. The number of imidazole rings is 1. The Hall–Kier alpha value is -2.01. The molecule has 6 heteroatoms. The van der Waals surface area contributed by atoms with Crippen LogP contribution < -0.4 is 17.0 Å². The molecule has 0 bridgehead atoms. The first kappa shape index (κ1) is 14.4. The van der Waals surface area contributed by atoms with E-state index in [4.69, 9.17) is 5.41 Å². The average Bonchev–Trinajstić information content (AvgIpc) is 2.78. The maximum Gasteiger partial charge on any atom is 0.296 e. The highest BCUT2D eigenvalue weighted by Gasteiger charge is 2.35. The molecule has 0 saturated heterocycles. The van der Waals surface area contributed by atoms with Crippen LogP contribution in [0.25, 0.3) is 16.6 Å². The number of nitrogens with zero attached hydrogens (tertiary/aromatic N) is 3. The van der Waals surface area contributed by atoms with E-state index in [1.165, 1.54) is 0 Å². The first-order valence-corrected chi connectivity index (χ1v) is 6.18. The quantitative estimate of drug-likeness (QED) is 0.610. The second-order valence-corrected chi connectivity index (χ2v) is 4.96. The lowest BCUT2D eigenvalue weighted by Gasteiger charge is -2.09. The van der Waals surface area contributed by atoms with Crippen molar-refractivity contribution in [3.8, 4) is 0 Å². The van der Waals surface area contributed by atoms with Crippen LogP contribution in [0.4, 0.5) is 0 Å². The normalized spacial score (nSPS) is 15.2. The fourth-order valence-corrected chi connectivity index (χ4v) is 2.77. The molecule has 0 unspecified atom stereocenters. The molecule has 1 aromatic carbocycles. The van der Waals surface area contributed by atoms with Crippen molar-refractivity contribution in [2.24, 2.45) is 14.1 Å². The number of hydrogen-bond donors (Lipinski definition) is 2. The lowest BCUT2D eigenvalue weighted by molar-refractivity contribution is -0.648. The van der Waals surface area contributed by atoms with Crippen molar-refractivity contribution in [1.82, 2.24) is 9.47 Å². The molecule has 0 amide bonds. The first-order chi connectivity index (χ1) is 9.02. The predicted octanol–water partition coefficient (Wildman–Crippen LogP) is -1.80. The van der Waals surface area contributed by atoms with E-state index in [1.54, 1.807) is 4.90 Å². The molecule has 1 aliphatic heterocycles. The molecule has 5 nitrogen and oxygen atoms in total. The molecule has 0 aliphatic carbocycles. The summed E-state index contributed by atoms with van der Waals surface area (Å²) in [6, 6.07) is 8.07. The zero-order chi connectivity index (χ0) is 13.7.